The molecule has 0 aliphatic rings. The van der Waals surface area contributed by atoms with Crippen molar-refractivity contribution in [3.63, 3.8) is 0 Å². The Hall–Kier alpha value is -1.56. The van der Waals surface area contributed by atoms with Crippen molar-refractivity contribution in [2.75, 3.05) is 6.61 Å². The first-order valence-corrected chi connectivity index (χ1v) is 6.46. The lowest BCUT2D eigenvalue weighted by Gasteiger charge is -2.13. The fourth-order valence-electron chi connectivity index (χ4n) is 1.51. The summed E-state index contributed by atoms with van der Waals surface area (Å²) in [6.45, 7) is 4.85. The van der Waals surface area contributed by atoms with Crippen LogP contribution < -0.4 is 4.74 Å². The van der Waals surface area contributed by atoms with Crippen LogP contribution in [0.25, 0.3) is 0 Å². The van der Waals surface area contributed by atoms with Crippen molar-refractivity contribution in [2.24, 2.45) is 0 Å². The molecule has 19 heavy (non-hydrogen) atoms. The molecule has 1 aromatic carbocycles. The monoisotopic (exact) mass is 330 g/mol. The summed E-state index contributed by atoms with van der Waals surface area (Å²) in [6, 6.07) is 3.15. The van der Waals surface area contributed by atoms with Gasteiger partial charge in [0.1, 0.15) is 11.3 Å². The largest absolute Gasteiger partial charge is 0.481 e. The van der Waals surface area contributed by atoms with E-state index < -0.39 is 11.9 Å². The van der Waals surface area contributed by atoms with Crippen molar-refractivity contribution in [1.29, 1.82) is 0 Å². The second-order valence-electron chi connectivity index (χ2n) is 4.23. The number of esters is 1. The number of hydrogen-bond donors (Lipinski definition) is 1. The van der Waals surface area contributed by atoms with Crippen LogP contribution in [0.4, 0.5) is 0 Å². The summed E-state index contributed by atoms with van der Waals surface area (Å²) in [7, 11) is 0. The van der Waals surface area contributed by atoms with E-state index in [9.17, 15) is 9.59 Å². The van der Waals surface area contributed by atoms with Crippen LogP contribution in [-0.4, -0.2) is 29.8 Å². The highest BCUT2D eigenvalue weighted by atomic mass is 79.9. The molecule has 1 N–H and O–H groups in total. The topological polar surface area (TPSA) is 72.8 Å². The summed E-state index contributed by atoms with van der Waals surface area (Å²) in [5.41, 5.74) is 0.633. The maximum atomic E-state index is 11.4. The average Bonchev–Trinajstić information content (AvgIpc) is 2.25. The number of benzene rings is 1. The van der Waals surface area contributed by atoms with Gasteiger partial charge < -0.3 is 14.6 Å². The molecule has 1 rings (SSSR count). The second kappa shape index (κ2) is 6.56. The van der Waals surface area contributed by atoms with Gasteiger partial charge in [-0.05, 0) is 38.5 Å². The van der Waals surface area contributed by atoms with Gasteiger partial charge >= 0.3 is 11.9 Å². The Bertz CT molecular complexity index is 496. The molecule has 0 saturated heterocycles. The fourth-order valence-corrected chi connectivity index (χ4v) is 2.08. The van der Waals surface area contributed by atoms with E-state index in [0.29, 0.717) is 10.0 Å². The molecule has 0 amide bonds. The molecular weight excluding hydrogens is 316 g/mol. The van der Waals surface area contributed by atoms with Crippen molar-refractivity contribution in [3.05, 3.63) is 27.7 Å². The SMILES string of the molecule is Cc1cc(Br)cc(C(=O)O)c1OCC(=O)OC(C)C. The minimum atomic E-state index is -1.11. The van der Waals surface area contributed by atoms with Gasteiger partial charge in [-0.15, -0.1) is 0 Å². The van der Waals surface area contributed by atoms with Gasteiger partial charge in [0.2, 0.25) is 0 Å². The van der Waals surface area contributed by atoms with E-state index in [1.54, 1.807) is 26.8 Å². The standard InChI is InChI=1S/C13H15BrO5/c1-7(2)19-11(15)6-18-12-8(3)4-9(14)5-10(12)13(16)17/h4-5,7H,6H2,1-3H3,(H,16,17). The van der Waals surface area contributed by atoms with Gasteiger partial charge in [0.05, 0.1) is 6.10 Å². The maximum absolute atomic E-state index is 11.4. The van der Waals surface area contributed by atoms with E-state index in [2.05, 4.69) is 15.9 Å². The fraction of sp³-hybridized carbons (Fsp3) is 0.385. The first kappa shape index (κ1) is 15.5. The number of aryl methyl sites for hydroxylation is 1. The summed E-state index contributed by atoms with van der Waals surface area (Å²) < 4.78 is 10.8. The van der Waals surface area contributed by atoms with Gasteiger partial charge in [0.15, 0.2) is 6.61 Å². The number of carbonyl (C=O) groups excluding carboxylic acids is 1. The number of aromatic carboxylic acids is 1. The minimum Gasteiger partial charge on any atom is -0.481 e. The molecule has 104 valence electrons. The van der Waals surface area contributed by atoms with Crippen molar-refractivity contribution in [3.8, 4) is 5.75 Å². The molecule has 0 saturated carbocycles. The Labute approximate surface area is 119 Å². The zero-order chi connectivity index (χ0) is 14.6. The lowest BCUT2D eigenvalue weighted by molar-refractivity contribution is -0.149. The van der Waals surface area contributed by atoms with Crippen LogP contribution in [0.5, 0.6) is 5.75 Å². The molecule has 5 nitrogen and oxygen atoms in total. The number of carbonyl (C=O) groups is 2. The van der Waals surface area contributed by atoms with E-state index in [1.165, 1.54) is 6.07 Å². The quantitative estimate of drug-likeness (QED) is 0.840. The normalized spacial score (nSPS) is 10.4. The number of rotatable bonds is 5. The Kier molecular flexibility index (Phi) is 5.35. The van der Waals surface area contributed by atoms with Crippen LogP contribution in [0.15, 0.2) is 16.6 Å². The smallest absolute Gasteiger partial charge is 0.344 e. The lowest BCUT2D eigenvalue weighted by Crippen LogP contribution is -2.19. The third kappa shape index (κ3) is 4.55. The van der Waals surface area contributed by atoms with Crippen LogP contribution in [0.3, 0.4) is 0 Å². The van der Waals surface area contributed by atoms with Crippen molar-refractivity contribution in [1.82, 2.24) is 0 Å². The summed E-state index contributed by atoms with van der Waals surface area (Å²) in [5, 5.41) is 9.11. The third-order valence-electron chi connectivity index (χ3n) is 2.17. The molecule has 0 heterocycles. The molecule has 0 spiro atoms. The Morgan fingerprint density at radius 2 is 2.00 bits per heavy atom. The van der Waals surface area contributed by atoms with Crippen LogP contribution in [-0.2, 0) is 9.53 Å². The predicted molar refractivity (Wildman–Crippen MR) is 72.6 cm³/mol. The Balaban J connectivity index is 2.89. The molecule has 1 aromatic rings. The van der Waals surface area contributed by atoms with Gasteiger partial charge in [-0.2, -0.15) is 0 Å². The molecule has 0 fully saturated rings. The van der Waals surface area contributed by atoms with Gasteiger partial charge in [-0.3, -0.25) is 0 Å². The predicted octanol–water partition coefficient (Wildman–Crippen LogP) is 2.79. The molecule has 0 atom stereocenters. The van der Waals surface area contributed by atoms with E-state index in [4.69, 9.17) is 14.6 Å². The minimum absolute atomic E-state index is 0.00391. The van der Waals surface area contributed by atoms with Crippen LogP contribution >= 0.6 is 15.9 Å². The van der Waals surface area contributed by atoms with E-state index in [0.717, 1.165) is 0 Å². The van der Waals surface area contributed by atoms with Gasteiger partial charge in [-0.1, -0.05) is 15.9 Å². The zero-order valence-corrected chi connectivity index (χ0v) is 12.5. The summed E-state index contributed by atoms with van der Waals surface area (Å²) in [5.74, 6) is -1.47. The van der Waals surface area contributed by atoms with E-state index >= 15 is 0 Å². The first-order valence-electron chi connectivity index (χ1n) is 5.67. The van der Waals surface area contributed by atoms with Crippen molar-refractivity contribution in [2.45, 2.75) is 26.9 Å². The second-order valence-corrected chi connectivity index (χ2v) is 5.15. The molecule has 0 aliphatic heterocycles. The van der Waals surface area contributed by atoms with E-state index in [1.807, 2.05) is 0 Å². The number of carboxylic acids is 1. The highest BCUT2D eigenvalue weighted by Crippen LogP contribution is 2.28. The van der Waals surface area contributed by atoms with Crippen LogP contribution in [0.2, 0.25) is 0 Å². The maximum Gasteiger partial charge on any atom is 0.344 e. The molecule has 0 aromatic heterocycles. The summed E-state index contributed by atoms with van der Waals surface area (Å²) in [6.07, 6.45) is -0.235. The molecule has 6 heteroatoms. The molecule has 0 unspecified atom stereocenters. The average molecular weight is 331 g/mol. The van der Waals surface area contributed by atoms with E-state index in [-0.39, 0.29) is 24.0 Å². The summed E-state index contributed by atoms with van der Waals surface area (Å²) >= 11 is 3.22. The Morgan fingerprint density at radius 1 is 1.37 bits per heavy atom. The number of hydrogen-bond acceptors (Lipinski definition) is 4. The third-order valence-corrected chi connectivity index (χ3v) is 2.63. The number of ether oxygens (including phenoxy) is 2. The van der Waals surface area contributed by atoms with Crippen molar-refractivity contribution >= 4 is 27.9 Å². The molecule has 0 bridgehead atoms. The molecule has 0 radical (unpaired) electrons. The summed E-state index contributed by atoms with van der Waals surface area (Å²) in [4.78, 5) is 22.5. The number of halogens is 1. The highest BCUT2D eigenvalue weighted by molar-refractivity contribution is 9.10. The zero-order valence-electron chi connectivity index (χ0n) is 10.9. The van der Waals surface area contributed by atoms with Gasteiger partial charge in [0.25, 0.3) is 0 Å². The Morgan fingerprint density at radius 3 is 2.53 bits per heavy atom. The molecular formula is C13H15BrO5. The van der Waals surface area contributed by atoms with Gasteiger partial charge in [0, 0.05) is 4.47 Å². The molecule has 0 aliphatic carbocycles. The number of carboxylic acid groups (broad SMARTS) is 1. The highest BCUT2D eigenvalue weighted by Gasteiger charge is 2.17. The van der Waals surface area contributed by atoms with Gasteiger partial charge in [-0.25, -0.2) is 9.59 Å². The van der Waals surface area contributed by atoms with Crippen LogP contribution in [0, 0.1) is 6.92 Å². The first-order chi connectivity index (χ1) is 8.81. The lowest BCUT2D eigenvalue weighted by atomic mass is 10.1. The van der Waals surface area contributed by atoms with Crippen molar-refractivity contribution < 1.29 is 24.2 Å². The van der Waals surface area contributed by atoms with Crippen LogP contribution in [0.1, 0.15) is 29.8 Å².